The van der Waals surface area contributed by atoms with E-state index in [0.29, 0.717) is 12.1 Å². The summed E-state index contributed by atoms with van der Waals surface area (Å²) in [5.41, 5.74) is 1.15. The van der Waals surface area contributed by atoms with E-state index < -0.39 is 0 Å². The minimum absolute atomic E-state index is 0.309. The van der Waals surface area contributed by atoms with Crippen LogP contribution < -0.4 is 5.32 Å². The average Bonchev–Trinajstić information content (AvgIpc) is 2.87. The van der Waals surface area contributed by atoms with Crippen molar-refractivity contribution < 1.29 is 4.74 Å². The zero-order valence-electron chi connectivity index (χ0n) is 12.1. The number of aryl methyl sites for hydroxylation is 1. The van der Waals surface area contributed by atoms with Crippen molar-refractivity contribution in [2.24, 2.45) is 0 Å². The van der Waals surface area contributed by atoms with Gasteiger partial charge in [-0.15, -0.1) is 0 Å². The topological polar surface area (TPSA) is 39.1 Å². The van der Waals surface area contributed by atoms with Crippen LogP contribution in [0.2, 0.25) is 0 Å². The zero-order chi connectivity index (χ0) is 13.4. The maximum Gasteiger partial charge on any atom is 0.0950 e. The second-order valence-electron chi connectivity index (χ2n) is 4.76. The summed E-state index contributed by atoms with van der Waals surface area (Å²) in [7, 11) is 1.77. The molecule has 4 nitrogen and oxygen atoms in total. The third kappa shape index (κ3) is 4.78. The van der Waals surface area contributed by atoms with Crippen molar-refractivity contribution in [2.45, 2.75) is 58.7 Å². The minimum Gasteiger partial charge on any atom is -0.382 e. The van der Waals surface area contributed by atoms with Crippen molar-refractivity contribution in [2.75, 3.05) is 13.7 Å². The summed E-state index contributed by atoms with van der Waals surface area (Å²) < 4.78 is 7.43. The third-order valence-corrected chi connectivity index (χ3v) is 3.28. The maximum absolute atomic E-state index is 5.31. The Morgan fingerprint density at radius 3 is 2.72 bits per heavy atom. The molecule has 0 aliphatic carbocycles. The van der Waals surface area contributed by atoms with Gasteiger partial charge in [-0.25, -0.2) is 4.98 Å². The molecule has 0 aliphatic rings. The number of nitrogens with one attached hydrogen (secondary N) is 1. The first-order chi connectivity index (χ1) is 8.71. The van der Waals surface area contributed by atoms with Gasteiger partial charge in [0.2, 0.25) is 0 Å². The minimum atomic E-state index is 0.309. The van der Waals surface area contributed by atoms with Gasteiger partial charge in [0.05, 0.1) is 24.2 Å². The number of aromatic nitrogens is 2. The first-order valence-electron chi connectivity index (χ1n) is 6.99. The molecule has 0 amide bonds. The Kier molecular flexibility index (Phi) is 6.98. The number of rotatable bonds is 9. The average molecular weight is 253 g/mol. The standard InChI is InChI=1S/C14H27N3O/c1-5-9-15-13(8-7-12(3)18-4)14-10-17(6-2)11-16-14/h10-13,15H,5-9H2,1-4H3. The smallest absolute Gasteiger partial charge is 0.0950 e. The molecule has 18 heavy (non-hydrogen) atoms. The van der Waals surface area contributed by atoms with E-state index in [1.807, 2.05) is 6.33 Å². The van der Waals surface area contributed by atoms with E-state index in [2.05, 4.69) is 41.8 Å². The van der Waals surface area contributed by atoms with E-state index in [4.69, 9.17) is 4.74 Å². The molecule has 0 fully saturated rings. The van der Waals surface area contributed by atoms with Gasteiger partial charge in [-0.2, -0.15) is 0 Å². The quantitative estimate of drug-likeness (QED) is 0.735. The maximum atomic E-state index is 5.31. The lowest BCUT2D eigenvalue weighted by Crippen LogP contribution is -2.23. The van der Waals surface area contributed by atoms with E-state index in [1.54, 1.807) is 7.11 Å². The highest BCUT2D eigenvalue weighted by Crippen LogP contribution is 2.18. The third-order valence-electron chi connectivity index (χ3n) is 3.28. The Balaban J connectivity index is 2.58. The molecule has 4 heteroatoms. The van der Waals surface area contributed by atoms with Crippen LogP contribution in [0, 0.1) is 0 Å². The van der Waals surface area contributed by atoms with Gasteiger partial charge in [-0.3, -0.25) is 0 Å². The molecule has 1 N–H and O–H groups in total. The summed E-state index contributed by atoms with van der Waals surface area (Å²) in [6.45, 7) is 8.44. The summed E-state index contributed by atoms with van der Waals surface area (Å²) in [4.78, 5) is 4.50. The van der Waals surface area contributed by atoms with E-state index in [0.717, 1.165) is 38.0 Å². The van der Waals surface area contributed by atoms with Crippen LogP contribution in [0.4, 0.5) is 0 Å². The molecule has 0 bridgehead atoms. The highest BCUT2D eigenvalue weighted by atomic mass is 16.5. The van der Waals surface area contributed by atoms with E-state index in [9.17, 15) is 0 Å². The molecule has 0 saturated carbocycles. The Morgan fingerprint density at radius 1 is 1.39 bits per heavy atom. The highest BCUT2D eigenvalue weighted by molar-refractivity contribution is 5.04. The first-order valence-corrected chi connectivity index (χ1v) is 6.99. The number of hydrogen-bond acceptors (Lipinski definition) is 3. The van der Waals surface area contributed by atoms with Gasteiger partial charge < -0.3 is 14.6 Å². The summed E-state index contributed by atoms with van der Waals surface area (Å²) in [5.74, 6) is 0. The molecule has 0 aromatic carbocycles. The summed E-state index contributed by atoms with van der Waals surface area (Å²) in [6.07, 6.45) is 7.63. The van der Waals surface area contributed by atoms with Crippen molar-refractivity contribution in [3.63, 3.8) is 0 Å². The fourth-order valence-corrected chi connectivity index (χ4v) is 1.92. The molecule has 1 rings (SSSR count). The number of methoxy groups -OCH3 is 1. The molecule has 0 aliphatic heterocycles. The Labute approximate surface area is 111 Å². The number of nitrogens with zero attached hydrogens (tertiary/aromatic N) is 2. The van der Waals surface area contributed by atoms with E-state index in [1.165, 1.54) is 0 Å². The Hall–Kier alpha value is -0.870. The van der Waals surface area contributed by atoms with Crippen LogP contribution in [0.1, 0.15) is 51.8 Å². The SMILES string of the molecule is CCCNC(CCC(C)OC)c1cn(CC)cn1. The molecular weight excluding hydrogens is 226 g/mol. The molecule has 104 valence electrons. The molecule has 1 aromatic heterocycles. The molecule has 2 atom stereocenters. The van der Waals surface area contributed by atoms with Crippen LogP contribution in [0.5, 0.6) is 0 Å². The van der Waals surface area contributed by atoms with Gasteiger partial charge in [0.1, 0.15) is 0 Å². The fourth-order valence-electron chi connectivity index (χ4n) is 1.92. The molecule has 2 unspecified atom stereocenters. The molecule has 1 heterocycles. The number of ether oxygens (including phenoxy) is 1. The summed E-state index contributed by atoms with van der Waals surface area (Å²) in [6, 6.07) is 0.343. The molecule has 0 saturated heterocycles. The zero-order valence-corrected chi connectivity index (χ0v) is 12.1. The van der Waals surface area contributed by atoms with Gasteiger partial charge in [0.25, 0.3) is 0 Å². The van der Waals surface area contributed by atoms with Crippen LogP contribution in [0.25, 0.3) is 0 Å². The predicted molar refractivity (Wildman–Crippen MR) is 74.6 cm³/mol. The van der Waals surface area contributed by atoms with Crippen molar-refractivity contribution in [3.8, 4) is 0 Å². The van der Waals surface area contributed by atoms with Crippen molar-refractivity contribution in [1.82, 2.24) is 14.9 Å². The molecular formula is C14H27N3O. The fraction of sp³-hybridized carbons (Fsp3) is 0.786. The van der Waals surface area contributed by atoms with Crippen LogP contribution in [0.3, 0.4) is 0 Å². The van der Waals surface area contributed by atoms with Crippen molar-refractivity contribution >= 4 is 0 Å². The normalized spacial score (nSPS) is 14.7. The lowest BCUT2D eigenvalue weighted by molar-refractivity contribution is 0.106. The van der Waals surface area contributed by atoms with Crippen LogP contribution in [-0.2, 0) is 11.3 Å². The summed E-state index contributed by atoms with van der Waals surface area (Å²) >= 11 is 0. The van der Waals surface area contributed by atoms with Crippen molar-refractivity contribution in [1.29, 1.82) is 0 Å². The highest BCUT2D eigenvalue weighted by Gasteiger charge is 2.14. The van der Waals surface area contributed by atoms with Crippen molar-refractivity contribution in [3.05, 3.63) is 18.2 Å². The Morgan fingerprint density at radius 2 is 2.17 bits per heavy atom. The number of imidazole rings is 1. The second kappa shape index (κ2) is 8.27. The van der Waals surface area contributed by atoms with Gasteiger partial charge in [-0.05, 0) is 39.7 Å². The van der Waals surface area contributed by atoms with E-state index in [-0.39, 0.29) is 0 Å². The van der Waals surface area contributed by atoms with Crippen LogP contribution >= 0.6 is 0 Å². The predicted octanol–water partition coefficient (Wildman–Crippen LogP) is 2.76. The molecule has 0 radical (unpaired) electrons. The van der Waals surface area contributed by atoms with Gasteiger partial charge >= 0.3 is 0 Å². The largest absolute Gasteiger partial charge is 0.382 e. The lowest BCUT2D eigenvalue weighted by Gasteiger charge is -2.18. The molecule has 1 aromatic rings. The van der Waals surface area contributed by atoms with Gasteiger partial charge in [-0.1, -0.05) is 6.92 Å². The Bertz CT molecular complexity index is 325. The monoisotopic (exact) mass is 253 g/mol. The second-order valence-corrected chi connectivity index (χ2v) is 4.76. The first kappa shape index (κ1) is 15.2. The van der Waals surface area contributed by atoms with E-state index >= 15 is 0 Å². The summed E-state index contributed by atoms with van der Waals surface area (Å²) in [5, 5.41) is 3.57. The van der Waals surface area contributed by atoms with Crippen LogP contribution in [-0.4, -0.2) is 29.3 Å². The number of hydrogen-bond donors (Lipinski definition) is 1. The van der Waals surface area contributed by atoms with Gasteiger partial charge in [0, 0.05) is 19.9 Å². The van der Waals surface area contributed by atoms with Gasteiger partial charge in [0.15, 0.2) is 0 Å². The molecule has 0 spiro atoms. The van der Waals surface area contributed by atoms with Crippen LogP contribution in [0.15, 0.2) is 12.5 Å². The lowest BCUT2D eigenvalue weighted by atomic mass is 10.1.